The summed E-state index contributed by atoms with van der Waals surface area (Å²) in [5.41, 5.74) is 1.88. The number of thiophene rings is 1. The van der Waals surface area contributed by atoms with Gasteiger partial charge in [-0.2, -0.15) is 0 Å². The van der Waals surface area contributed by atoms with Crippen LogP contribution in [-0.4, -0.2) is 17.4 Å². The maximum absolute atomic E-state index is 12.9. The smallest absolute Gasteiger partial charge is 0.232 e. The Morgan fingerprint density at radius 2 is 1.95 bits per heavy atom. The monoisotopic (exact) mass is 319 g/mol. The minimum atomic E-state index is -0.528. The number of carbonyl (C=O) groups is 1. The quantitative estimate of drug-likeness (QED) is 0.809. The Hall–Kier alpha value is -1.32. The molecule has 0 saturated carbocycles. The summed E-state index contributed by atoms with van der Waals surface area (Å²) < 4.78 is 0. The van der Waals surface area contributed by atoms with E-state index in [-0.39, 0.29) is 5.91 Å². The van der Waals surface area contributed by atoms with E-state index in [9.17, 15) is 4.79 Å². The Bertz CT molecular complexity index is 660. The zero-order valence-electron chi connectivity index (χ0n) is 12.2. The van der Waals surface area contributed by atoms with E-state index in [2.05, 4.69) is 11.4 Å². The van der Waals surface area contributed by atoms with Crippen molar-refractivity contribution in [3.05, 3.63) is 56.7 Å². The maximum Gasteiger partial charge on any atom is 0.232 e. The van der Waals surface area contributed by atoms with E-state index >= 15 is 0 Å². The lowest BCUT2D eigenvalue weighted by molar-refractivity contribution is -0.137. The first-order valence-corrected chi connectivity index (χ1v) is 8.35. The Morgan fingerprint density at radius 1 is 1.24 bits per heavy atom. The Morgan fingerprint density at radius 3 is 2.67 bits per heavy atom. The highest BCUT2D eigenvalue weighted by Gasteiger charge is 2.35. The van der Waals surface area contributed by atoms with E-state index in [1.54, 1.807) is 11.3 Å². The summed E-state index contributed by atoms with van der Waals surface area (Å²) in [7, 11) is 0. The predicted molar refractivity (Wildman–Crippen MR) is 87.9 cm³/mol. The van der Waals surface area contributed by atoms with Gasteiger partial charge in [-0.25, -0.2) is 0 Å². The topological polar surface area (TPSA) is 20.3 Å². The van der Waals surface area contributed by atoms with Crippen molar-refractivity contribution in [3.8, 4) is 0 Å². The van der Waals surface area contributed by atoms with Crippen LogP contribution in [0, 0.1) is 0 Å². The lowest BCUT2D eigenvalue weighted by Crippen LogP contribution is -2.45. The molecule has 0 aliphatic carbocycles. The van der Waals surface area contributed by atoms with Gasteiger partial charge in [-0.1, -0.05) is 23.7 Å². The number of hydrogen-bond donors (Lipinski definition) is 0. The highest BCUT2D eigenvalue weighted by atomic mass is 35.5. The SMILES string of the molecule is CC(C)(C(=O)N1CCc2ccsc2C1)c1ccc(Cl)cc1. The second-order valence-corrected chi connectivity index (χ2v) is 7.41. The van der Waals surface area contributed by atoms with Gasteiger partial charge in [0, 0.05) is 16.4 Å². The number of nitrogens with zero attached hydrogens (tertiary/aromatic N) is 1. The van der Waals surface area contributed by atoms with Crippen LogP contribution in [0.25, 0.3) is 0 Å². The first kappa shape index (κ1) is 14.6. The maximum atomic E-state index is 12.9. The van der Waals surface area contributed by atoms with Crippen molar-refractivity contribution in [2.75, 3.05) is 6.54 Å². The van der Waals surface area contributed by atoms with Gasteiger partial charge in [-0.3, -0.25) is 4.79 Å². The van der Waals surface area contributed by atoms with Crippen molar-refractivity contribution in [2.24, 2.45) is 0 Å². The number of fused-ring (bicyclic) bond motifs is 1. The summed E-state index contributed by atoms with van der Waals surface area (Å²) in [5, 5.41) is 2.81. The van der Waals surface area contributed by atoms with Crippen LogP contribution in [-0.2, 0) is 23.2 Å². The third-order valence-electron chi connectivity index (χ3n) is 4.21. The second kappa shape index (κ2) is 5.47. The fourth-order valence-corrected chi connectivity index (χ4v) is 3.87. The van der Waals surface area contributed by atoms with Crippen molar-refractivity contribution in [1.29, 1.82) is 0 Å². The molecule has 0 fully saturated rings. The molecular formula is C17H18ClNOS. The molecule has 2 nitrogen and oxygen atoms in total. The minimum Gasteiger partial charge on any atom is -0.336 e. The molecule has 2 aromatic rings. The standard InChI is InChI=1S/C17H18ClNOS/c1-17(2,13-3-5-14(18)6-4-13)16(20)19-9-7-12-8-10-21-15(12)11-19/h3-6,8,10H,7,9,11H2,1-2H3. The molecule has 1 amide bonds. The van der Waals surface area contributed by atoms with Crippen LogP contribution in [0.2, 0.25) is 5.02 Å². The Labute approximate surface area is 134 Å². The van der Waals surface area contributed by atoms with Gasteiger partial charge in [0.1, 0.15) is 0 Å². The van der Waals surface area contributed by atoms with Crippen LogP contribution in [0.3, 0.4) is 0 Å². The van der Waals surface area contributed by atoms with E-state index in [0.29, 0.717) is 5.02 Å². The van der Waals surface area contributed by atoms with E-state index in [4.69, 9.17) is 11.6 Å². The summed E-state index contributed by atoms with van der Waals surface area (Å²) in [6.45, 7) is 5.52. The average molecular weight is 320 g/mol. The molecule has 1 aromatic heterocycles. The third-order valence-corrected chi connectivity index (χ3v) is 5.41. The lowest BCUT2D eigenvalue weighted by atomic mass is 9.83. The number of amides is 1. The van der Waals surface area contributed by atoms with Crippen LogP contribution < -0.4 is 0 Å². The van der Waals surface area contributed by atoms with Gasteiger partial charge in [0.05, 0.1) is 12.0 Å². The highest BCUT2D eigenvalue weighted by Crippen LogP contribution is 2.31. The van der Waals surface area contributed by atoms with E-state index in [0.717, 1.165) is 25.1 Å². The van der Waals surface area contributed by atoms with Crippen LogP contribution in [0.5, 0.6) is 0 Å². The van der Waals surface area contributed by atoms with Gasteiger partial charge in [0.25, 0.3) is 0 Å². The zero-order chi connectivity index (χ0) is 15.0. The fourth-order valence-electron chi connectivity index (χ4n) is 2.79. The van der Waals surface area contributed by atoms with E-state index in [1.165, 1.54) is 10.4 Å². The Balaban J connectivity index is 1.83. The van der Waals surface area contributed by atoms with Crippen molar-refractivity contribution < 1.29 is 4.79 Å². The Kier molecular flexibility index (Phi) is 3.80. The summed E-state index contributed by atoms with van der Waals surface area (Å²) >= 11 is 7.68. The molecule has 110 valence electrons. The summed E-state index contributed by atoms with van der Waals surface area (Å²) in [6, 6.07) is 9.76. The molecule has 3 rings (SSSR count). The molecule has 1 aromatic carbocycles. The normalized spacial score (nSPS) is 14.9. The van der Waals surface area contributed by atoms with Crippen LogP contribution in [0.1, 0.15) is 29.9 Å². The van der Waals surface area contributed by atoms with Crippen molar-refractivity contribution in [2.45, 2.75) is 32.2 Å². The number of halogens is 1. The molecule has 1 aliphatic rings. The van der Waals surface area contributed by atoms with Gasteiger partial charge < -0.3 is 4.90 Å². The molecular weight excluding hydrogens is 302 g/mol. The van der Waals surface area contributed by atoms with E-state index < -0.39 is 5.41 Å². The van der Waals surface area contributed by atoms with E-state index in [1.807, 2.05) is 43.0 Å². The van der Waals surface area contributed by atoms with Crippen molar-refractivity contribution in [1.82, 2.24) is 4.90 Å². The molecule has 21 heavy (non-hydrogen) atoms. The molecule has 0 atom stereocenters. The van der Waals surface area contributed by atoms with Crippen LogP contribution in [0.15, 0.2) is 35.7 Å². The number of hydrogen-bond acceptors (Lipinski definition) is 2. The first-order valence-electron chi connectivity index (χ1n) is 7.09. The number of carbonyl (C=O) groups excluding carboxylic acids is 1. The molecule has 2 heterocycles. The molecule has 0 N–H and O–H groups in total. The van der Waals surface area contributed by atoms with Gasteiger partial charge in [0.2, 0.25) is 5.91 Å². The van der Waals surface area contributed by atoms with Gasteiger partial charge in [-0.05, 0) is 55.0 Å². The minimum absolute atomic E-state index is 0.184. The predicted octanol–water partition coefficient (Wildman–Crippen LogP) is 4.26. The summed E-state index contributed by atoms with van der Waals surface area (Å²) in [4.78, 5) is 16.2. The first-order chi connectivity index (χ1) is 9.98. The molecule has 1 aliphatic heterocycles. The highest BCUT2D eigenvalue weighted by molar-refractivity contribution is 7.10. The van der Waals surface area contributed by atoms with Gasteiger partial charge in [0.15, 0.2) is 0 Å². The van der Waals surface area contributed by atoms with Gasteiger partial charge in [-0.15, -0.1) is 11.3 Å². The molecule has 0 bridgehead atoms. The number of benzene rings is 1. The molecule has 0 radical (unpaired) electrons. The lowest BCUT2D eigenvalue weighted by Gasteiger charge is -2.34. The fraction of sp³-hybridized carbons (Fsp3) is 0.353. The third kappa shape index (κ3) is 2.72. The van der Waals surface area contributed by atoms with Crippen molar-refractivity contribution >= 4 is 28.8 Å². The van der Waals surface area contributed by atoms with Crippen molar-refractivity contribution in [3.63, 3.8) is 0 Å². The second-order valence-electron chi connectivity index (χ2n) is 5.98. The van der Waals surface area contributed by atoms with Gasteiger partial charge >= 0.3 is 0 Å². The molecule has 0 spiro atoms. The molecule has 4 heteroatoms. The zero-order valence-corrected chi connectivity index (χ0v) is 13.8. The molecule has 0 unspecified atom stereocenters. The van der Waals surface area contributed by atoms with Crippen LogP contribution >= 0.6 is 22.9 Å². The number of rotatable bonds is 2. The largest absolute Gasteiger partial charge is 0.336 e. The summed E-state index contributed by atoms with van der Waals surface area (Å²) in [5.74, 6) is 0.184. The van der Waals surface area contributed by atoms with Crippen LogP contribution in [0.4, 0.5) is 0 Å². The summed E-state index contributed by atoms with van der Waals surface area (Å²) in [6.07, 6.45) is 0.960. The average Bonchev–Trinajstić information content (AvgIpc) is 2.94. The molecule has 0 saturated heterocycles.